The first-order valence-corrected chi connectivity index (χ1v) is 6.29. The lowest BCUT2D eigenvalue weighted by Crippen LogP contribution is -1.97. The molecule has 0 fully saturated rings. The van der Waals surface area contributed by atoms with E-state index in [4.69, 9.17) is 10.00 Å². The first-order chi connectivity index (χ1) is 9.13. The smallest absolute Gasteiger partial charge is 0.148 e. The highest BCUT2D eigenvalue weighted by molar-refractivity contribution is 5.47. The van der Waals surface area contributed by atoms with E-state index in [2.05, 4.69) is 11.1 Å². The third-order valence-electron chi connectivity index (χ3n) is 2.88. The summed E-state index contributed by atoms with van der Waals surface area (Å²) in [7, 11) is 0. The molecular weight excluding hydrogens is 236 g/mol. The summed E-state index contributed by atoms with van der Waals surface area (Å²) >= 11 is 0. The van der Waals surface area contributed by atoms with Gasteiger partial charge < -0.3 is 4.74 Å². The number of hydrogen-bond acceptors (Lipinski definition) is 3. The normalized spacial score (nSPS) is 10.0. The molecule has 96 valence electrons. The van der Waals surface area contributed by atoms with Gasteiger partial charge in [-0.2, -0.15) is 5.26 Å². The average molecular weight is 252 g/mol. The molecule has 1 heterocycles. The summed E-state index contributed by atoms with van der Waals surface area (Å²) in [5.74, 6) is 1.30. The molecule has 1 aromatic carbocycles. The standard InChI is InChI=1S/C16H16N2O/c1-4-14-15(8-6-12(3)18-14)19-16-9-11(2)5-7-13(16)10-17/h5-9H,4H2,1-3H3. The van der Waals surface area contributed by atoms with Gasteiger partial charge in [-0.25, -0.2) is 0 Å². The van der Waals surface area contributed by atoms with Crippen LogP contribution in [0.5, 0.6) is 11.5 Å². The lowest BCUT2D eigenvalue weighted by atomic mass is 10.1. The van der Waals surface area contributed by atoms with Gasteiger partial charge in [0.2, 0.25) is 0 Å². The molecule has 0 atom stereocenters. The van der Waals surface area contributed by atoms with E-state index in [0.717, 1.165) is 29.1 Å². The molecule has 0 saturated heterocycles. The summed E-state index contributed by atoms with van der Waals surface area (Å²) in [6.07, 6.45) is 0.796. The maximum Gasteiger partial charge on any atom is 0.148 e. The second kappa shape index (κ2) is 5.53. The molecule has 0 amide bonds. The van der Waals surface area contributed by atoms with Crippen LogP contribution in [0.3, 0.4) is 0 Å². The Morgan fingerprint density at radius 2 is 1.95 bits per heavy atom. The van der Waals surface area contributed by atoms with Crippen LogP contribution in [-0.2, 0) is 6.42 Å². The number of aromatic nitrogens is 1. The molecular formula is C16H16N2O. The number of nitrogens with zero attached hydrogens (tertiary/aromatic N) is 2. The molecule has 0 bridgehead atoms. The lowest BCUT2D eigenvalue weighted by molar-refractivity contribution is 0.471. The Bertz CT molecular complexity index is 642. The van der Waals surface area contributed by atoms with Gasteiger partial charge in [-0.3, -0.25) is 4.98 Å². The van der Waals surface area contributed by atoms with Gasteiger partial charge in [0.15, 0.2) is 0 Å². The van der Waals surface area contributed by atoms with Gasteiger partial charge in [0.25, 0.3) is 0 Å². The SMILES string of the molecule is CCc1nc(C)ccc1Oc1cc(C)ccc1C#N. The highest BCUT2D eigenvalue weighted by Crippen LogP contribution is 2.28. The molecule has 0 N–H and O–H groups in total. The fourth-order valence-electron chi connectivity index (χ4n) is 1.87. The predicted octanol–water partition coefficient (Wildman–Crippen LogP) is 3.92. The van der Waals surface area contributed by atoms with Crippen molar-refractivity contribution in [3.63, 3.8) is 0 Å². The van der Waals surface area contributed by atoms with Crippen molar-refractivity contribution in [2.75, 3.05) is 0 Å². The Kier molecular flexibility index (Phi) is 3.82. The summed E-state index contributed by atoms with van der Waals surface area (Å²) in [6, 6.07) is 11.5. The van der Waals surface area contributed by atoms with Crippen molar-refractivity contribution in [2.24, 2.45) is 0 Å². The van der Waals surface area contributed by atoms with Gasteiger partial charge in [-0.15, -0.1) is 0 Å². The van der Waals surface area contributed by atoms with Crippen molar-refractivity contribution >= 4 is 0 Å². The van der Waals surface area contributed by atoms with Crippen LogP contribution in [0.25, 0.3) is 0 Å². The summed E-state index contributed by atoms with van der Waals surface area (Å²) in [4.78, 5) is 4.46. The molecule has 0 aliphatic heterocycles. The topological polar surface area (TPSA) is 45.9 Å². The number of rotatable bonds is 3. The zero-order valence-electron chi connectivity index (χ0n) is 11.4. The Balaban J connectivity index is 2.41. The van der Waals surface area contributed by atoms with Crippen molar-refractivity contribution in [2.45, 2.75) is 27.2 Å². The number of pyridine rings is 1. The molecule has 1 aromatic heterocycles. The number of ether oxygens (including phenoxy) is 1. The lowest BCUT2D eigenvalue weighted by Gasteiger charge is -2.11. The van der Waals surface area contributed by atoms with Gasteiger partial charge in [-0.05, 0) is 50.1 Å². The minimum Gasteiger partial charge on any atom is -0.454 e. The fraction of sp³-hybridized carbons (Fsp3) is 0.250. The molecule has 19 heavy (non-hydrogen) atoms. The van der Waals surface area contributed by atoms with Crippen molar-refractivity contribution in [3.05, 3.63) is 52.8 Å². The maximum atomic E-state index is 9.11. The highest BCUT2D eigenvalue weighted by Gasteiger charge is 2.09. The van der Waals surface area contributed by atoms with E-state index in [1.54, 1.807) is 6.07 Å². The van der Waals surface area contributed by atoms with E-state index < -0.39 is 0 Å². The molecule has 0 aliphatic rings. The molecule has 3 nitrogen and oxygen atoms in total. The number of aryl methyl sites for hydroxylation is 3. The van der Waals surface area contributed by atoms with Crippen molar-refractivity contribution in [3.8, 4) is 17.6 Å². The molecule has 2 rings (SSSR count). The molecule has 0 unspecified atom stereocenters. The molecule has 3 heteroatoms. The minimum absolute atomic E-state index is 0.535. The third-order valence-corrected chi connectivity index (χ3v) is 2.88. The van der Waals surface area contributed by atoms with Crippen molar-refractivity contribution < 1.29 is 4.74 Å². The maximum absolute atomic E-state index is 9.11. The zero-order chi connectivity index (χ0) is 13.8. The van der Waals surface area contributed by atoms with Crippen LogP contribution >= 0.6 is 0 Å². The van der Waals surface area contributed by atoms with E-state index >= 15 is 0 Å². The molecule has 0 saturated carbocycles. The van der Waals surface area contributed by atoms with Crippen molar-refractivity contribution in [1.82, 2.24) is 4.98 Å². The van der Waals surface area contributed by atoms with Crippen LogP contribution in [0, 0.1) is 25.2 Å². The van der Waals surface area contributed by atoms with Gasteiger partial charge >= 0.3 is 0 Å². The van der Waals surface area contributed by atoms with E-state index in [-0.39, 0.29) is 0 Å². The van der Waals surface area contributed by atoms with E-state index in [1.165, 1.54) is 0 Å². The van der Waals surface area contributed by atoms with Gasteiger partial charge in [0.05, 0.1) is 11.3 Å². The van der Waals surface area contributed by atoms with Crippen LogP contribution in [-0.4, -0.2) is 4.98 Å². The highest BCUT2D eigenvalue weighted by atomic mass is 16.5. The summed E-state index contributed by atoms with van der Waals surface area (Å²) in [5.41, 5.74) is 3.47. The summed E-state index contributed by atoms with van der Waals surface area (Å²) < 4.78 is 5.87. The van der Waals surface area contributed by atoms with Gasteiger partial charge in [0, 0.05) is 5.69 Å². The van der Waals surface area contributed by atoms with Crippen LogP contribution in [0.1, 0.15) is 29.4 Å². The van der Waals surface area contributed by atoms with Crippen LogP contribution in [0.2, 0.25) is 0 Å². The number of hydrogen-bond donors (Lipinski definition) is 0. The monoisotopic (exact) mass is 252 g/mol. The average Bonchev–Trinajstić information content (AvgIpc) is 2.41. The van der Waals surface area contributed by atoms with Gasteiger partial charge in [0.1, 0.15) is 17.6 Å². The second-order valence-corrected chi connectivity index (χ2v) is 4.46. The quantitative estimate of drug-likeness (QED) is 0.831. The molecule has 2 aromatic rings. The minimum atomic E-state index is 0.535. The third kappa shape index (κ3) is 2.92. The van der Waals surface area contributed by atoms with Crippen LogP contribution in [0.15, 0.2) is 30.3 Å². The molecule has 0 radical (unpaired) electrons. The zero-order valence-corrected chi connectivity index (χ0v) is 11.4. The first-order valence-electron chi connectivity index (χ1n) is 6.29. The van der Waals surface area contributed by atoms with Crippen LogP contribution < -0.4 is 4.74 Å². The van der Waals surface area contributed by atoms with Gasteiger partial charge in [-0.1, -0.05) is 13.0 Å². The Morgan fingerprint density at radius 1 is 1.16 bits per heavy atom. The largest absolute Gasteiger partial charge is 0.454 e. The Hall–Kier alpha value is -2.34. The molecule has 0 spiro atoms. The summed E-state index contributed by atoms with van der Waals surface area (Å²) in [5, 5.41) is 9.11. The fourth-order valence-corrected chi connectivity index (χ4v) is 1.87. The summed E-state index contributed by atoms with van der Waals surface area (Å²) in [6.45, 7) is 5.97. The van der Waals surface area contributed by atoms with E-state index in [1.807, 2.05) is 45.0 Å². The predicted molar refractivity (Wildman–Crippen MR) is 74.3 cm³/mol. The van der Waals surface area contributed by atoms with Crippen molar-refractivity contribution in [1.29, 1.82) is 5.26 Å². The number of benzene rings is 1. The van der Waals surface area contributed by atoms with E-state index in [9.17, 15) is 0 Å². The van der Waals surface area contributed by atoms with E-state index in [0.29, 0.717) is 11.3 Å². The molecule has 0 aliphatic carbocycles. The Labute approximate surface area is 113 Å². The number of nitriles is 1. The Morgan fingerprint density at radius 3 is 2.63 bits per heavy atom. The van der Waals surface area contributed by atoms with Crippen LogP contribution in [0.4, 0.5) is 0 Å². The second-order valence-electron chi connectivity index (χ2n) is 4.46. The first kappa shape index (κ1) is 13.1.